The zero-order valence-electron chi connectivity index (χ0n) is 15.6. The van der Waals surface area contributed by atoms with E-state index in [1.165, 1.54) is 24.3 Å². The molecule has 0 aliphatic carbocycles. The van der Waals surface area contributed by atoms with Crippen LogP contribution in [0.2, 0.25) is 5.02 Å². The van der Waals surface area contributed by atoms with Crippen molar-refractivity contribution in [2.45, 2.75) is 6.92 Å². The number of aromatic amines is 1. The summed E-state index contributed by atoms with van der Waals surface area (Å²) >= 11 is 6.24. The number of aromatic nitrogens is 4. The van der Waals surface area contributed by atoms with E-state index in [4.69, 9.17) is 16.3 Å². The Morgan fingerprint density at radius 3 is 2.70 bits per heavy atom. The minimum Gasteiger partial charge on any atom is -0.492 e. The van der Waals surface area contributed by atoms with Gasteiger partial charge in [0.1, 0.15) is 11.6 Å². The molecule has 1 aromatic heterocycles. The van der Waals surface area contributed by atoms with Gasteiger partial charge in [0, 0.05) is 11.6 Å². The lowest BCUT2D eigenvalue weighted by atomic mass is 10.1. The number of amides is 1. The van der Waals surface area contributed by atoms with Crippen LogP contribution in [0.4, 0.5) is 10.1 Å². The van der Waals surface area contributed by atoms with E-state index in [1.54, 1.807) is 31.2 Å². The fourth-order valence-corrected chi connectivity index (χ4v) is 3.20. The highest BCUT2D eigenvalue weighted by Gasteiger charge is 2.17. The maximum atomic E-state index is 13.4. The first-order valence-corrected chi connectivity index (χ1v) is 9.32. The summed E-state index contributed by atoms with van der Waals surface area (Å²) in [6.07, 6.45) is 0. The van der Waals surface area contributed by atoms with Crippen molar-refractivity contribution in [3.05, 3.63) is 75.4 Å². The molecule has 0 radical (unpaired) electrons. The van der Waals surface area contributed by atoms with E-state index in [-0.39, 0.29) is 22.2 Å². The van der Waals surface area contributed by atoms with Gasteiger partial charge in [0.15, 0.2) is 0 Å². The molecular formula is C20H15ClFN5O3. The first-order valence-electron chi connectivity index (χ1n) is 8.94. The molecule has 30 heavy (non-hydrogen) atoms. The number of ether oxygens (including phenoxy) is 1. The number of nitrogens with zero attached hydrogens (tertiary/aromatic N) is 3. The number of tetrazole rings is 1. The van der Waals surface area contributed by atoms with Crippen LogP contribution in [-0.4, -0.2) is 32.7 Å². The molecule has 8 nitrogen and oxygen atoms in total. The van der Waals surface area contributed by atoms with E-state index < -0.39 is 11.6 Å². The van der Waals surface area contributed by atoms with Crippen LogP contribution >= 0.6 is 11.6 Å². The van der Waals surface area contributed by atoms with Gasteiger partial charge in [-0.05, 0) is 58.5 Å². The lowest BCUT2D eigenvalue weighted by Crippen LogP contribution is -2.20. The van der Waals surface area contributed by atoms with Gasteiger partial charge >= 0.3 is 5.69 Å². The van der Waals surface area contributed by atoms with Crippen molar-refractivity contribution < 1.29 is 13.9 Å². The predicted octanol–water partition coefficient (Wildman–Crippen LogP) is 3.55. The monoisotopic (exact) mass is 427 g/mol. The van der Waals surface area contributed by atoms with Gasteiger partial charge in [0.05, 0.1) is 23.0 Å². The zero-order chi connectivity index (χ0) is 21.3. The van der Waals surface area contributed by atoms with Crippen LogP contribution in [0.25, 0.3) is 16.5 Å². The van der Waals surface area contributed by atoms with Crippen molar-refractivity contribution in [2.24, 2.45) is 0 Å². The van der Waals surface area contributed by atoms with Crippen LogP contribution in [0, 0.1) is 5.82 Å². The SMILES string of the molecule is CCOc1cc(NC(=O)c2ccc3cc(F)ccc3c2)c(-n2nn[nH]c2=O)cc1Cl. The molecule has 0 spiro atoms. The Labute approximate surface area is 174 Å². The molecule has 152 valence electrons. The lowest BCUT2D eigenvalue weighted by molar-refractivity contribution is 0.102. The number of carbonyl (C=O) groups is 1. The zero-order valence-corrected chi connectivity index (χ0v) is 16.4. The number of anilines is 1. The number of H-pyrrole nitrogens is 1. The minimum atomic E-state index is -0.599. The van der Waals surface area contributed by atoms with Gasteiger partial charge in [-0.2, -0.15) is 4.68 Å². The normalized spacial score (nSPS) is 10.9. The number of fused-ring (bicyclic) bond motifs is 1. The minimum absolute atomic E-state index is 0.221. The van der Waals surface area contributed by atoms with E-state index in [9.17, 15) is 14.0 Å². The fraction of sp³-hybridized carbons (Fsp3) is 0.100. The largest absolute Gasteiger partial charge is 0.492 e. The van der Waals surface area contributed by atoms with E-state index in [0.717, 1.165) is 4.68 Å². The standard InChI is InChI=1S/C20H15ClFN5O3/c1-2-30-18-10-16(17(9-15(18)21)27-20(29)24-25-26-27)23-19(28)13-4-3-12-8-14(22)6-5-11(12)7-13/h3-10H,2H2,1H3,(H,23,28)(H,24,26,29). The molecule has 0 saturated heterocycles. The van der Waals surface area contributed by atoms with Crippen LogP contribution in [0.3, 0.4) is 0 Å². The van der Waals surface area contributed by atoms with Crippen molar-refractivity contribution in [1.82, 2.24) is 20.2 Å². The summed E-state index contributed by atoms with van der Waals surface area (Å²) in [6.45, 7) is 2.15. The molecule has 0 atom stereocenters. The van der Waals surface area contributed by atoms with Crippen molar-refractivity contribution in [2.75, 3.05) is 11.9 Å². The smallest absolute Gasteiger partial charge is 0.365 e. The number of halogens is 2. The maximum Gasteiger partial charge on any atom is 0.365 e. The third kappa shape index (κ3) is 3.74. The van der Waals surface area contributed by atoms with Crippen molar-refractivity contribution >= 4 is 34.0 Å². The number of hydrogen-bond acceptors (Lipinski definition) is 5. The summed E-state index contributed by atoms with van der Waals surface area (Å²) in [5.74, 6) is -0.459. The Balaban J connectivity index is 1.75. The number of rotatable bonds is 5. The highest BCUT2D eigenvalue weighted by Crippen LogP contribution is 2.33. The summed E-state index contributed by atoms with van der Waals surface area (Å²) in [5, 5.41) is 13.7. The molecule has 3 aromatic carbocycles. The molecule has 10 heteroatoms. The lowest BCUT2D eigenvalue weighted by Gasteiger charge is -2.14. The quantitative estimate of drug-likeness (QED) is 0.507. The molecule has 4 rings (SSSR count). The average molecular weight is 428 g/mol. The van der Waals surface area contributed by atoms with Crippen LogP contribution in [-0.2, 0) is 0 Å². The van der Waals surface area contributed by atoms with Gasteiger partial charge in [-0.15, -0.1) is 0 Å². The van der Waals surface area contributed by atoms with E-state index in [0.29, 0.717) is 28.7 Å². The van der Waals surface area contributed by atoms with E-state index >= 15 is 0 Å². The average Bonchev–Trinajstić information content (AvgIpc) is 3.15. The molecule has 0 aliphatic heterocycles. The Morgan fingerprint density at radius 1 is 1.20 bits per heavy atom. The van der Waals surface area contributed by atoms with Crippen LogP contribution in [0.5, 0.6) is 5.75 Å². The second kappa shape index (κ2) is 7.96. The molecule has 0 unspecified atom stereocenters. The molecule has 0 fully saturated rings. The topological polar surface area (TPSA) is 102 Å². The third-order valence-corrected chi connectivity index (χ3v) is 4.66. The summed E-state index contributed by atoms with van der Waals surface area (Å²) in [5.41, 5.74) is 0.223. The summed E-state index contributed by atoms with van der Waals surface area (Å²) in [6, 6.07) is 12.2. The number of carbonyl (C=O) groups excluding carboxylic acids is 1. The first kappa shape index (κ1) is 19.6. The third-order valence-electron chi connectivity index (χ3n) is 4.36. The highest BCUT2D eigenvalue weighted by atomic mass is 35.5. The second-order valence-electron chi connectivity index (χ2n) is 6.31. The number of nitrogens with one attached hydrogen (secondary N) is 2. The van der Waals surface area contributed by atoms with Crippen LogP contribution in [0.1, 0.15) is 17.3 Å². The van der Waals surface area contributed by atoms with Crippen LogP contribution < -0.4 is 15.7 Å². The molecule has 1 heterocycles. The van der Waals surface area contributed by atoms with Gasteiger partial charge in [0.25, 0.3) is 5.91 Å². The summed E-state index contributed by atoms with van der Waals surface area (Å²) in [4.78, 5) is 24.9. The Kier molecular flexibility index (Phi) is 5.20. The number of hydrogen-bond donors (Lipinski definition) is 2. The van der Waals surface area contributed by atoms with Gasteiger partial charge in [-0.1, -0.05) is 23.7 Å². The van der Waals surface area contributed by atoms with Crippen LogP contribution in [0.15, 0.2) is 53.3 Å². The fourth-order valence-electron chi connectivity index (χ4n) is 2.99. The second-order valence-corrected chi connectivity index (χ2v) is 6.72. The maximum absolute atomic E-state index is 13.4. The van der Waals surface area contributed by atoms with Crippen molar-refractivity contribution in [3.63, 3.8) is 0 Å². The molecule has 0 saturated carbocycles. The highest BCUT2D eigenvalue weighted by molar-refractivity contribution is 6.32. The predicted molar refractivity (Wildman–Crippen MR) is 110 cm³/mol. The molecule has 4 aromatic rings. The van der Waals surface area contributed by atoms with Crippen molar-refractivity contribution in [3.8, 4) is 11.4 Å². The molecule has 0 aliphatic rings. The van der Waals surface area contributed by atoms with Crippen molar-refractivity contribution in [1.29, 1.82) is 0 Å². The summed E-state index contributed by atoms with van der Waals surface area (Å²) < 4.78 is 19.8. The summed E-state index contributed by atoms with van der Waals surface area (Å²) in [7, 11) is 0. The number of benzene rings is 3. The Hall–Kier alpha value is -3.72. The van der Waals surface area contributed by atoms with Gasteiger partial charge in [-0.25, -0.2) is 14.3 Å². The van der Waals surface area contributed by atoms with E-state index in [2.05, 4.69) is 20.8 Å². The van der Waals surface area contributed by atoms with E-state index in [1.807, 2.05) is 0 Å². The Bertz CT molecular complexity index is 1320. The molecule has 1 amide bonds. The Morgan fingerprint density at radius 2 is 1.97 bits per heavy atom. The van der Waals surface area contributed by atoms with Gasteiger partial charge in [-0.3, -0.25) is 4.79 Å². The first-order chi connectivity index (χ1) is 14.5. The van der Waals surface area contributed by atoms with Gasteiger partial charge in [0.2, 0.25) is 0 Å². The van der Waals surface area contributed by atoms with Gasteiger partial charge < -0.3 is 10.1 Å². The molecule has 2 N–H and O–H groups in total. The molecular weight excluding hydrogens is 413 g/mol. The molecule has 0 bridgehead atoms.